The Morgan fingerprint density at radius 1 is 1.00 bits per heavy atom. The maximum Gasteiger partial charge on any atom is 0.119 e. The highest BCUT2D eigenvalue weighted by atomic mass is 16.2. The third-order valence-corrected chi connectivity index (χ3v) is 1.79. The highest BCUT2D eigenvalue weighted by molar-refractivity contribution is 4.59. The molecule has 0 radical (unpaired) electrons. The van der Waals surface area contributed by atoms with E-state index in [9.17, 15) is 0 Å². The first-order valence-corrected chi connectivity index (χ1v) is 4.37. The molecule has 0 saturated heterocycles. The van der Waals surface area contributed by atoms with Crippen LogP contribution in [0.3, 0.4) is 0 Å². The molecule has 1 aromatic heterocycles. The number of aliphatic hydroxyl groups is 1. The van der Waals surface area contributed by atoms with Crippen LogP contribution in [0.5, 0.6) is 0 Å². The Kier molecular flexibility index (Phi) is 4.37. The number of hydrogen-bond donors (Lipinski definition) is 1. The number of unbranched alkanes of at least 4 members (excludes halogenated alkanes) is 3. The first-order chi connectivity index (χ1) is 5.93. The van der Waals surface area contributed by atoms with Gasteiger partial charge in [0.25, 0.3) is 0 Å². The van der Waals surface area contributed by atoms with Crippen LogP contribution in [0.2, 0.25) is 0 Å². The van der Waals surface area contributed by atoms with E-state index < -0.39 is 0 Å². The van der Waals surface area contributed by atoms with Crippen LogP contribution in [0.1, 0.15) is 25.7 Å². The van der Waals surface area contributed by atoms with Gasteiger partial charge in [0.15, 0.2) is 0 Å². The summed E-state index contributed by atoms with van der Waals surface area (Å²) in [6, 6.07) is 0. The molecule has 0 aliphatic heterocycles. The molecule has 0 bridgehead atoms. The quantitative estimate of drug-likeness (QED) is 0.642. The van der Waals surface area contributed by atoms with Crippen molar-refractivity contribution >= 4 is 0 Å². The van der Waals surface area contributed by atoms with Gasteiger partial charge >= 0.3 is 0 Å². The van der Waals surface area contributed by atoms with E-state index in [2.05, 4.69) is 10.2 Å². The fraction of sp³-hybridized carbons (Fsp3) is 0.750. The van der Waals surface area contributed by atoms with Crippen LogP contribution < -0.4 is 0 Å². The van der Waals surface area contributed by atoms with Crippen LogP contribution in [0, 0.1) is 0 Å². The highest BCUT2D eigenvalue weighted by Gasteiger charge is 1.91. The normalized spacial score (nSPS) is 10.4. The Labute approximate surface area is 72.2 Å². The summed E-state index contributed by atoms with van der Waals surface area (Å²) in [7, 11) is 0. The Morgan fingerprint density at radius 2 is 1.67 bits per heavy atom. The maximum absolute atomic E-state index is 8.52. The average Bonchev–Trinajstić information content (AvgIpc) is 2.57. The summed E-state index contributed by atoms with van der Waals surface area (Å²) in [5, 5.41) is 15.9. The van der Waals surface area contributed by atoms with Crippen molar-refractivity contribution in [3.8, 4) is 0 Å². The van der Waals surface area contributed by atoms with Crippen LogP contribution in [0.15, 0.2) is 12.7 Å². The van der Waals surface area contributed by atoms with E-state index in [1.165, 1.54) is 6.42 Å². The Morgan fingerprint density at radius 3 is 2.33 bits per heavy atom. The second-order valence-corrected chi connectivity index (χ2v) is 2.84. The van der Waals surface area contributed by atoms with Crippen molar-refractivity contribution in [1.29, 1.82) is 0 Å². The summed E-state index contributed by atoms with van der Waals surface area (Å²) >= 11 is 0. The molecule has 0 saturated carbocycles. The van der Waals surface area contributed by atoms with Crippen molar-refractivity contribution < 1.29 is 5.11 Å². The van der Waals surface area contributed by atoms with Crippen molar-refractivity contribution in [3.63, 3.8) is 0 Å². The van der Waals surface area contributed by atoms with Gasteiger partial charge in [0, 0.05) is 13.2 Å². The third-order valence-electron chi connectivity index (χ3n) is 1.79. The van der Waals surface area contributed by atoms with Gasteiger partial charge in [0.1, 0.15) is 12.7 Å². The standard InChI is InChI=1S/C8H15N3O/c12-6-4-2-1-3-5-11-7-9-10-8-11/h7-8,12H,1-6H2. The smallest absolute Gasteiger partial charge is 0.119 e. The van der Waals surface area contributed by atoms with Crippen molar-refractivity contribution in [2.45, 2.75) is 32.2 Å². The van der Waals surface area contributed by atoms with Crippen LogP contribution in [-0.2, 0) is 6.54 Å². The molecular weight excluding hydrogens is 154 g/mol. The lowest BCUT2D eigenvalue weighted by Gasteiger charge is -1.99. The van der Waals surface area contributed by atoms with Gasteiger partial charge in [0.2, 0.25) is 0 Å². The minimum atomic E-state index is 0.312. The SMILES string of the molecule is OCCCCCCn1cnnc1. The topological polar surface area (TPSA) is 50.9 Å². The van der Waals surface area contributed by atoms with E-state index in [-0.39, 0.29) is 0 Å². The Hall–Kier alpha value is -0.900. The van der Waals surface area contributed by atoms with Gasteiger partial charge in [-0.2, -0.15) is 0 Å². The molecule has 1 rings (SSSR count). The first-order valence-electron chi connectivity index (χ1n) is 4.37. The van der Waals surface area contributed by atoms with Gasteiger partial charge in [0.05, 0.1) is 0 Å². The molecule has 0 fully saturated rings. The largest absolute Gasteiger partial charge is 0.396 e. The molecule has 1 aromatic rings. The molecule has 0 aliphatic rings. The molecule has 0 spiro atoms. The van der Waals surface area contributed by atoms with Gasteiger partial charge < -0.3 is 9.67 Å². The number of rotatable bonds is 6. The van der Waals surface area contributed by atoms with Gasteiger partial charge in [-0.3, -0.25) is 0 Å². The lowest BCUT2D eigenvalue weighted by Crippen LogP contribution is -1.94. The summed E-state index contributed by atoms with van der Waals surface area (Å²) in [6.07, 6.45) is 7.79. The van der Waals surface area contributed by atoms with E-state index in [0.717, 1.165) is 25.8 Å². The molecular formula is C8H15N3O. The fourth-order valence-electron chi connectivity index (χ4n) is 1.10. The zero-order chi connectivity index (χ0) is 8.65. The predicted molar refractivity (Wildman–Crippen MR) is 45.6 cm³/mol. The molecule has 1 N–H and O–H groups in total. The molecule has 0 aliphatic carbocycles. The van der Waals surface area contributed by atoms with E-state index in [1.54, 1.807) is 12.7 Å². The second kappa shape index (κ2) is 5.71. The van der Waals surface area contributed by atoms with Crippen LogP contribution in [0.4, 0.5) is 0 Å². The Bertz CT molecular complexity index is 186. The molecule has 68 valence electrons. The number of aliphatic hydroxyl groups excluding tert-OH is 1. The molecule has 4 nitrogen and oxygen atoms in total. The highest BCUT2D eigenvalue weighted by Crippen LogP contribution is 2.00. The van der Waals surface area contributed by atoms with E-state index in [1.807, 2.05) is 4.57 Å². The molecule has 0 unspecified atom stereocenters. The number of aromatic nitrogens is 3. The summed E-state index contributed by atoms with van der Waals surface area (Å²) < 4.78 is 1.97. The Balaban J connectivity index is 1.96. The molecule has 12 heavy (non-hydrogen) atoms. The summed E-state index contributed by atoms with van der Waals surface area (Å²) in [4.78, 5) is 0. The molecule has 0 amide bonds. The van der Waals surface area contributed by atoms with Gasteiger partial charge in [-0.05, 0) is 12.8 Å². The van der Waals surface area contributed by atoms with E-state index >= 15 is 0 Å². The van der Waals surface area contributed by atoms with Crippen LogP contribution in [0.25, 0.3) is 0 Å². The number of hydrogen-bond acceptors (Lipinski definition) is 3. The number of aryl methyl sites for hydroxylation is 1. The predicted octanol–water partition coefficient (Wildman–Crippen LogP) is 0.831. The zero-order valence-electron chi connectivity index (χ0n) is 7.19. The van der Waals surface area contributed by atoms with Crippen molar-refractivity contribution in [3.05, 3.63) is 12.7 Å². The van der Waals surface area contributed by atoms with E-state index in [0.29, 0.717) is 6.61 Å². The first kappa shape index (κ1) is 9.19. The number of nitrogens with zero attached hydrogens (tertiary/aromatic N) is 3. The maximum atomic E-state index is 8.52. The lowest BCUT2D eigenvalue weighted by atomic mass is 10.2. The van der Waals surface area contributed by atoms with Gasteiger partial charge in [-0.15, -0.1) is 10.2 Å². The molecule has 0 aromatic carbocycles. The monoisotopic (exact) mass is 169 g/mol. The summed E-state index contributed by atoms with van der Waals surface area (Å²) in [5.41, 5.74) is 0. The van der Waals surface area contributed by atoms with Crippen molar-refractivity contribution in [1.82, 2.24) is 14.8 Å². The van der Waals surface area contributed by atoms with Crippen LogP contribution in [-0.4, -0.2) is 26.5 Å². The summed E-state index contributed by atoms with van der Waals surface area (Å²) in [6.45, 7) is 1.30. The van der Waals surface area contributed by atoms with Crippen molar-refractivity contribution in [2.75, 3.05) is 6.61 Å². The fourth-order valence-corrected chi connectivity index (χ4v) is 1.10. The molecule has 4 heteroatoms. The zero-order valence-corrected chi connectivity index (χ0v) is 7.19. The minimum absolute atomic E-state index is 0.312. The molecule has 1 heterocycles. The average molecular weight is 169 g/mol. The van der Waals surface area contributed by atoms with Crippen molar-refractivity contribution in [2.24, 2.45) is 0 Å². The van der Waals surface area contributed by atoms with Crippen LogP contribution >= 0.6 is 0 Å². The van der Waals surface area contributed by atoms with Gasteiger partial charge in [-0.25, -0.2) is 0 Å². The second-order valence-electron chi connectivity index (χ2n) is 2.84. The minimum Gasteiger partial charge on any atom is -0.396 e. The molecule has 0 atom stereocenters. The summed E-state index contributed by atoms with van der Waals surface area (Å²) in [5.74, 6) is 0. The third kappa shape index (κ3) is 3.48. The van der Waals surface area contributed by atoms with E-state index in [4.69, 9.17) is 5.11 Å². The lowest BCUT2D eigenvalue weighted by molar-refractivity contribution is 0.282. The van der Waals surface area contributed by atoms with Gasteiger partial charge in [-0.1, -0.05) is 12.8 Å².